The van der Waals surface area contributed by atoms with Gasteiger partial charge in [-0.3, -0.25) is 0 Å². The minimum absolute atomic E-state index is 0.368. The molecular weight excluding hydrogens is 344 g/mol. The number of nitrogens with zero attached hydrogens (tertiary/aromatic N) is 2. The summed E-state index contributed by atoms with van der Waals surface area (Å²) in [4.78, 5) is 17.6. The van der Waals surface area contributed by atoms with Crippen molar-refractivity contribution in [3.63, 3.8) is 0 Å². The van der Waals surface area contributed by atoms with Crippen LogP contribution in [0.2, 0.25) is 0 Å². The van der Waals surface area contributed by atoms with Gasteiger partial charge in [-0.25, -0.2) is 4.79 Å². The molecule has 0 aliphatic heterocycles. The number of hydrogen-bond donors (Lipinski definition) is 1. The third-order valence-electron chi connectivity index (χ3n) is 4.57. The predicted octanol–water partition coefficient (Wildman–Crippen LogP) is 3.54. The molecule has 6 heteroatoms. The van der Waals surface area contributed by atoms with Crippen LogP contribution in [0.25, 0.3) is 11.1 Å². The van der Waals surface area contributed by atoms with E-state index in [9.17, 15) is 4.79 Å². The Morgan fingerprint density at radius 3 is 2.56 bits per heavy atom. The number of hydrogen-bond acceptors (Lipinski definition) is 5. The number of fused-ring (bicyclic) bond motifs is 1. The number of aryl methyl sites for hydroxylation is 1. The second-order valence-electron chi connectivity index (χ2n) is 6.57. The average Bonchev–Trinajstić information content (AvgIpc) is 3.11. The number of ether oxygens (including phenoxy) is 1. The normalized spacial score (nSPS) is 12.2. The molecule has 1 heterocycles. The van der Waals surface area contributed by atoms with Gasteiger partial charge in [-0.05, 0) is 36.1 Å². The summed E-state index contributed by atoms with van der Waals surface area (Å²) < 4.78 is 10.8. The monoisotopic (exact) mass is 368 g/mol. The first-order valence-electron chi connectivity index (χ1n) is 8.97. The van der Waals surface area contributed by atoms with E-state index in [2.05, 4.69) is 4.98 Å². The van der Waals surface area contributed by atoms with E-state index in [0.717, 1.165) is 36.0 Å². The number of anilines is 1. The average molecular weight is 368 g/mol. The fourth-order valence-corrected chi connectivity index (χ4v) is 2.97. The van der Waals surface area contributed by atoms with Crippen molar-refractivity contribution < 1.29 is 19.1 Å². The Hall–Kier alpha value is -2.86. The van der Waals surface area contributed by atoms with Crippen molar-refractivity contribution in [2.24, 2.45) is 0 Å². The molecule has 1 N–H and O–H groups in total. The molecule has 0 saturated carbocycles. The molecule has 0 aliphatic carbocycles. The summed E-state index contributed by atoms with van der Waals surface area (Å²) in [5.41, 5.74) is 3.84. The first kappa shape index (κ1) is 18.9. The van der Waals surface area contributed by atoms with Crippen LogP contribution < -0.4 is 4.90 Å². The standard InChI is InChI=1S/C21H24N2O4/c1-23(21-22-17-7-3-4-8-18(17)27-21)13-5-6-15-9-11-16(12-10-15)14-19(26-2)20(24)25/h3-4,7-12,19H,5-6,13-14H2,1-2H3,(H,24,25). The lowest BCUT2D eigenvalue weighted by molar-refractivity contribution is -0.148. The van der Waals surface area contributed by atoms with Crippen LogP contribution in [0, 0.1) is 0 Å². The van der Waals surface area contributed by atoms with Crippen LogP contribution in [-0.4, -0.2) is 42.9 Å². The Kier molecular flexibility index (Phi) is 6.08. The Balaban J connectivity index is 1.50. The zero-order valence-electron chi connectivity index (χ0n) is 15.6. The van der Waals surface area contributed by atoms with E-state index in [4.69, 9.17) is 14.3 Å². The van der Waals surface area contributed by atoms with E-state index in [1.165, 1.54) is 12.7 Å². The van der Waals surface area contributed by atoms with E-state index < -0.39 is 12.1 Å². The summed E-state index contributed by atoms with van der Waals surface area (Å²) >= 11 is 0. The highest BCUT2D eigenvalue weighted by molar-refractivity contribution is 5.74. The number of aromatic nitrogens is 1. The van der Waals surface area contributed by atoms with Crippen molar-refractivity contribution >= 4 is 23.1 Å². The lowest BCUT2D eigenvalue weighted by atomic mass is 10.0. The molecule has 3 rings (SSSR count). The molecule has 0 saturated heterocycles. The molecule has 3 aromatic rings. The molecule has 0 spiro atoms. The molecule has 27 heavy (non-hydrogen) atoms. The molecule has 0 bridgehead atoms. The smallest absolute Gasteiger partial charge is 0.333 e. The molecule has 0 amide bonds. The van der Waals surface area contributed by atoms with Gasteiger partial charge in [-0.1, -0.05) is 36.4 Å². The maximum absolute atomic E-state index is 11.0. The Bertz CT molecular complexity index is 856. The minimum Gasteiger partial charge on any atom is -0.479 e. The van der Waals surface area contributed by atoms with Crippen LogP contribution >= 0.6 is 0 Å². The van der Waals surface area contributed by atoms with Gasteiger partial charge >= 0.3 is 5.97 Å². The van der Waals surface area contributed by atoms with Crippen molar-refractivity contribution in [3.05, 3.63) is 59.7 Å². The second-order valence-corrected chi connectivity index (χ2v) is 6.57. The van der Waals surface area contributed by atoms with E-state index in [1.54, 1.807) is 0 Å². The van der Waals surface area contributed by atoms with Crippen molar-refractivity contribution in [2.45, 2.75) is 25.4 Å². The summed E-state index contributed by atoms with van der Waals surface area (Å²) in [5, 5.41) is 9.06. The molecule has 1 unspecified atom stereocenters. The molecule has 0 aliphatic rings. The van der Waals surface area contributed by atoms with E-state index >= 15 is 0 Å². The summed E-state index contributed by atoms with van der Waals surface area (Å²) in [6.45, 7) is 0.833. The summed E-state index contributed by atoms with van der Waals surface area (Å²) in [7, 11) is 3.39. The summed E-state index contributed by atoms with van der Waals surface area (Å²) in [6.07, 6.45) is 1.45. The molecule has 6 nitrogen and oxygen atoms in total. The summed E-state index contributed by atoms with van der Waals surface area (Å²) in [6, 6.07) is 16.4. The number of rotatable bonds is 9. The largest absolute Gasteiger partial charge is 0.479 e. The maximum Gasteiger partial charge on any atom is 0.333 e. The highest BCUT2D eigenvalue weighted by Crippen LogP contribution is 2.21. The highest BCUT2D eigenvalue weighted by Gasteiger charge is 2.16. The van der Waals surface area contributed by atoms with E-state index in [1.807, 2.05) is 60.5 Å². The van der Waals surface area contributed by atoms with Crippen LogP contribution in [0.1, 0.15) is 17.5 Å². The maximum atomic E-state index is 11.0. The number of benzene rings is 2. The molecule has 0 fully saturated rings. The van der Waals surface area contributed by atoms with Gasteiger partial charge in [0.1, 0.15) is 5.52 Å². The number of methoxy groups -OCH3 is 1. The van der Waals surface area contributed by atoms with Gasteiger partial charge in [-0.2, -0.15) is 4.98 Å². The quantitative estimate of drug-likeness (QED) is 0.623. The van der Waals surface area contributed by atoms with Gasteiger partial charge in [0.25, 0.3) is 6.01 Å². The number of carboxylic acids is 1. The Morgan fingerprint density at radius 2 is 1.89 bits per heavy atom. The number of aliphatic carboxylic acids is 1. The summed E-state index contributed by atoms with van der Waals surface area (Å²) in [5.74, 6) is -0.941. The number of carboxylic acid groups (broad SMARTS) is 1. The third-order valence-corrected chi connectivity index (χ3v) is 4.57. The lowest BCUT2D eigenvalue weighted by Crippen LogP contribution is -2.24. The number of carbonyl (C=O) groups is 1. The number of para-hydroxylation sites is 2. The first-order chi connectivity index (χ1) is 13.1. The van der Waals surface area contributed by atoms with Crippen molar-refractivity contribution in [1.82, 2.24) is 4.98 Å². The van der Waals surface area contributed by atoms with Gasteiger partial charge in [0.15, 0.2) is 11.7 Å². The highest BCUT2D eigenvalue weighted by atomic mass is 16.5. The SMILES string of the molecule is COC(Cc1ccc(CCCN(C)c2nc3ccccc3o2)cc1)C(=O)O. The van der Waals surface area contributed by atoms with Gasteiger partial charge in [0.05, 0.1) is 0 Å². The molecule has 0 radical (unpaired) electrons. The van der Waals surface area contributed by atoms with Crippen LogP contribution in [-0.2, 0) is 22.4 Å². The van der Waals surface area contributed by atoms with Gasteiger partial charge < -0.3 is 19.2 Å². The minimum atomic E-state index is -0.941. The molecular formula is C21H24N2O4. The van der Waals surface area contributed by atoms with E-state index in [0.29, 0.717) is 12.4 Å². The van der Waals surface area contributed by atoms with Gasteiger partial charge in [0.2, 0.25) is 0 Å². The van der Waals surface area contributed by atoms with Crippen molar-refractivity contribution in [3.8, 4) is 0 Å². The van der Waals surface area contributed by atoms with Crippen LogP contribution in [0.15, 0.2) is 52.9 Å². The van der Waals surface area contributed by atoms with Crippen molar-refractivity contribution in [2.75, 3.05) is 25.6 Å². The molecule has 1 aromatic heterocycles. The van der Waals surface area contributed by atoms with E-state index in [-0.39, 0.29) is 0 Å². The molecule has 1 atom stereocenters. The molecule has 2 aromatic carbocycles. The predicted molar refractivity (Wildman–Crippen MR) is 104 cm³/mol. The third kappa shape index (κ3) is 4.86. The zero-order valence-corrected chi connectivity index (χ0v) is 15.6. The van der Waals surface area contributed by atoms with Crippen LogP contribution in [0.4, 0.5) is 6.01 Å². The Labute approximate surface area is 158 Å². The fraction of sp³-hybridized carbons (Fsp3) is 0.333. The van der Waals surface area contributed by atoms with Gasteiger partial charge in [0, 0.05) is 27.1 Å². The first-order valence-corrected chi connectivity index (χ1v) is 8.97. The zero-order chi connectivity index (χ0) is 19.2. The topological polar surface area (TPSA) is 75.8 Å². The van der Waals surface area contributed by atoms with Crippen molar-refractivity contribution in [1.29, 1.82) is 0 Å². The second kappa shape index (κ2) is 8.68. The van der Waals surface area contributed by atoms with Crippen LogP contribution in [0.5, 0.6) is 0 Å². The van der Waals surface area contributed by atoms with Crippen LogP contribution in [0.3, 0.4) is 0 Å². The fourth-order valence-electron chi connectivity index (χ4n) is 2.97. The van der Waals surface area contributed by atoms with Gasteiger partial charge in [-0.15, -0.1) is 0 Å². The molecule has 142 valence electrons. The lowest BCUT2D eigenvalue weighted by Gasteiger charge is -2.14. The number of oxazole rings is 1. The Morgan fingerprint density at radius 1 is 1.19 bits per heavy atom.